The van der Waals surface area contributed by atoms with Crippen LogP contribution in [-0.4, -0.2) is 24.8 Å². The molecule has 0 saturated heterocycles. The topological polar surface area (TPSA) is 20.3 Å². The summed E-state index contributed by atoms with van der Waals surface area (Å²) in [5, 5.41) is 0. The zero-order chi connectivity index (χ0) is 11.4. The van der Waals surface area contributed by atoms with E-state index in [4.69, 9.17) is 0 Å². The molecule has 0 fully saturated rings. The van der Waals surface area contributed by atoms with Crippen molar-refractivity contribution in [2.24, 2.45) is 0 Å². The Hall–Kier alpha value is -1.64. The van der Waals surface area contributed by atoms with Gasteiger partial charge in [0, 0.05) is 25.9 Å². The number of carbonyl (C=O) groups is 1. The number of benzene rings is 1. The van der Waals surface area contributed by atoms with Crippen LogP contribution in [0.1, 0.15) is 15.9 Å². The monoisotopic (exact) mass is 207 g/mol. The van der Waals surface area contributed by atoms with E-state index in [0.717, 1.165) is 5.56 Å². The van der Waals surface area contributed by atoms with Crippen molar-refractivity contribution < 1.29 is 9.18 Å². The van der Waals surface area contributed by atoms with Crippen LogP contribution in [0.5, 0.6) is 0 Å². The molecule has 1 rings (SSSR count). The van der Waals surface area contributed by atoms with Gasteiger partial charge in [-0.2, -0.15) is 0 Å². The smallest absolute Gasteiger partial charge is 0.222 e. The molecule has 15 heavy (non-hydrogen) atoms. The molecule has 0 bridgehead atoms. The highest BCUT2D eigenvalue weighted by Crippen LogP contribution is 2.11. The lowest BCUT2D eigenvalue weighted by atomic mass is 10.1. The minimum Gasteiger partial charge on any atom is -0.381 e. The Balaban J connectivity index is 2.90. The maximum atomic E-state index is 13.3. The molecule has 0 saturated carbocycles. The number of aryl methyl sites for hydroxylation is 1. The number of allylic oxidation sites excluding steroid dienone is 1. The third-order valence-electron chi connectivity index (χ3n) is 1.90. The quantitative estimate of drug-likeness (QED) is 0.560. The molecule has 0 amide bonds. The lowest BCUT2D eigenvalue weighted by Crippen LogP contribution is -2.07. The average molecular weight is 207 g/mol. The van der Waals surface area contributed by atoms with Gasteiger partial charge in [0.1, 0.15) is 0 Å². The molecule has 0 N–H and O–H groups in total. The van der Waals surface area contributed by atoms with Crippen LogP contribution in [0.4, 0.5) is 4.39 Å². The van der Waals surface area contributed by atoms with Crippen molar-refractivity contribution >= 4 is 5.78 Å². The molecule has 0 radical (unpaired) electrons. The van der Waals surface area contributed by atoms with Crippen LogP contribution in [0, 0.1) is 6.92 Å². The molecule has 0 atom stereocenters. The maximum absolute atomic E-state index is 13.3. The van der Waals surface area contributed by atoms with Crippen LogP contribution in [0.2, 0.25) is 0 Å². The van der Waals surface area contributed by atoms with Gasteiger partial charge in [0.2, 0.25) is 5.78 Å². The minimum absolute atomic E-state index is 0.371. The van der Waals surface area contributed by atoms with Crippen LogP contribution in [0.15, 0.2) is 36.3 Å². The van der Waals surface area contributed by atoms with Crippen molar-refractivity contribution in [1.29, 1.82) is 0 Å². The predicted octanol–water partition coefficient (Wildman–Crippen LogP) is 2.55. The largest absolute Gasteiger partial charge is 0.381 e. The highest BCUT2D eigenvalue weighted by atomic mass is 19.1. The van der Waals surface area contributed by atoms with E-state index in [1.165, 1.54) is 11.1 Å². The first-order valence-corrected chi connectivity index (χ1v) is 4.66. The van der Waals surface area contributed by atoms with Crippen LogP contribution in [0.25, 0.3) is 0 Å². The zero-order valence-corrected chi connectivity index (χ0v) is 9.12. The number of hydrogen-bond donors (Lipinski definition) is 0. The summed E-state index contributed by atoms with van der Waals surface area (Å²) in [7, 11) is 3.34. The Morgan fingerprint density at radius 3 is 2.27 bits per heavy atom. The number of ketones is 1. The van der Waals surface area contributed by atoms with Crippen LogP contribution in [-0.2, 0) is 0 Å². The van der Waals surface area contributed by atoms with E-state index in [1.807, 2.05) is 6.92 Å². The van der Waals surface area contributed by atoms with E-state index in [2.05, 4.69) is 0 Å². The highest BCUT2D eigenvalue weighted by molar-refractivity contribution is 6.07. The van der Waals surface area contributed by atoms with Crippen molar-refractivity contribution in [3.8, 4) is 0 Å². The molecule has 3 heteroatoms. The van der Waals surface area contributed by atoms with E-state index in [-0.39, 0.29) is 0 Å². The van der Waals surface area contributed by atoms with Gasteiger partial charge in [-0.15, -0.1) is 0 Å². The van der Waals surface area contributed by atoms with Crippen LogP contribution in [0.3, 0.4) is 0 Å². The summed E-state index contributed by atoms with van der Waals surface area (Å²) in [5.41, 5.74) is 1.42. The van der Waals surface area contributed by atoms with E-state index in [1.54, 1.807) is 38.4 Å². The van der Waals surface area contributed by atoms with E-state index < -0.39 is 11.6 Å². The first-order valence-electron chi connectivity index (χ1n) is 4.66. The van der Waals surface area contributed by atoms with Gasteiger partial charge in [-0.25, -0.2) is 4.39 Å². The number of Topliss-reactive ketones (excluding diaryl/α,β-unsaturated/α-hetero) is 1. The highest BCUT2D eigenvalue weighted by Gasteiger charge is 2.11. The molecule has 0 aliphatic carbocycles. The van der Waals surface area contributed by atoms with Crippen LogP contribution < -0.4 is 0 Å². The van der Waals surface area contributed by atoms with E-state index >= 15 is 0 Å². The molecule has 0 aliphatic rings. The number of carbonyl (C=O) groups excluding carboxylic acids is 1. The third-order valence-corrected chi connectivity index (χ3v) is 1.90. The fraction of sp³-hybridized carbons (Fsp3) is 0.250. The van der Waals surface area contributed by atoms with Gasteiger partial charge in [0.05, 0.1) is 0 Å². The first-order chi connectivity index (χ1) is 7.00. The lowest BCUT2D eigenvalue weighted by molar-refractivity contribution is 0.100. The maximum Gasteiger partial charge on any atom is 0.222 e. The molecule has 2 nitrogen and oxygen atoms in total. The Labute approximate surface area is 89.0 Å². The lowest BCUT2D eigenvalue weighted by Gasteiger charge is -2.05. The summed E-state index contributed by atoms with van der Waals surface area (Å²) in [6, 6.07) is 6.83. The summed E-state index contributed by atoms with van der Waals surface area (Å²) in [5.74, 6) is -1.33. The molecule has 80 valence electrons. The minimum atomic E-state index is -0.746. The molecule has 0 aliphatic heterocycles. The van der Waals surface area contributed by atoms with Gasteiger partial charge in [-0.1, -0.05) is 29.8 Å². The van der Waals surface area contributed by atoms with Crippen molar-refractivity contribution in [1.82, 2.24) is 4.90 Å². The molecule has 0 unspecified atom stereocenters. The Morgan fingerprint density at radius 2 is 1.80 bits per heavy atom. The van der Waals surface area contributed by atoms with Gasteiger partial charge in [0.25, 0.3) is 0 Å². The summed E-state index contributed by atoms with van der Waals surface area (Å²) in [6.07, 6.45) is 1.17. The molecule has 1 aromatic carbocycles. The number of hydrogen-bond acceptors (Lipinski definition) is 2. The summed E-state index contributed by atoms with van der Waals surface area (Å²) < 4.78 is 13.3. The van der Waals surface area contributed by atoms with Crippen molar-refractivity contribution in [3.63, 3.8) is 0 Å². The number of rotatable bonds is 3. The molecule has 0 spiro atoms. The standard InChI is InChI=1S/C12H14FNO/c1-9-4-6-10(7-5-9)12(15)11(13)8-14(2)3/h4-8H,1-3H3/b11-8+. The fourth-order valence-electron chi connectivity index (χ4n) is 1.13. The SMILES string of the molecule is Cc1ccc(C(=O)/C(F)=C\N(C)C)cc1. The molecule has 0 heterocycles. The van der Waals surface area contributed by atoms with Crippen molar-refractivity contribution in [2.45, 2.75) is 6.92 Å². The van der Waals surface area contributed by atoms with Gasteiger partial charge in [0.15, 0.2) is 5.83 Å². The molecule has 0 aromatic heterocycles. The van der Waals surface area contributed by atoms with Crippen molar-refractivity contribution in [3.05, 3.63) is 47.4 Å². The second kappa shape index (κ2) is 4.73. The number of halogens is 1. The van der Waals surface area contributed by atoms with Gasteiger partial charge < -0.3 is 4.90 Å². The Kier molecular flexibility index (Phi) is 3.61. The van der Waals surface area contributed by atoms with Gasteiger partial charge in [-0.3, -0.25) is 4.79 Å². The Morgan fingerprint density at radius 1 is 1.27 bits per heavy atom. The Bertz CT molecular complexity index is 379. The summed E-state index contributed by atoms with van der Waals surface area (Å²) in [6.45, 7) is 1.92. The number of nitrogens with zero attached hydrogens (tertiary/aromatic N) is 1. The van der Waals surface area contributed by atoms with E-state index in [0.29, 0.717) is 5.56 Å². The first kappa shape index (κ1) is 11.4. The fourth-order valence-corrected chi connectivity index (χ4v) is 1.13. The second-order valence-corrected chi connectivity index (χ2v) is 3.64. The summed E-state index contributed by atoms with van der Waals surface area (Å²) >= 11 is 0. The zero-order valence-electron chi connectivity index (χ0n) is 9.12. The van der Waals surface area contributed by atoms with Gasteiger partial charge >= 0.3 is 0 Å². The molecular weight excluding hydrogens is 193 g/mol. The molecule has 1 aromatic rings. The van der Waals surface area contributed by atoms with Gasteiger partial charge in [-0.05, 0) is 6.92 Å². The normalized spacial score (nSPS) is 11.3. The third kappa shape index (κ3) is 3.20. The van der Waals surface area contributed by atoms with Crippen molar-refractivity contribution in [2.75, 3.05) is 14.1 Å². The summed E-state index contributed by atoms with van der Waals surface area (Å²) in [4.78, 5) is 13.0. The average Bonchev–Trinajstić information content (AvgIpc) is 2.17. The van der Waals surface area contributed by atoms with E-state index in [9.17, 15) is 9.18 Å². The van der Waals surface area contributed by atoms with Crippen LogP contribution >= 0.6 is 0 Å². The predicted molar refractivity (Wildman–Crippen MR) is 58.4 cm³/mol. The second-order valence-electron chi connectivity index (χ2n) is 3.64. The molecular formula is C12H14FNO.